The van der Waals surface area contributed by atoms with Crippen molar-refractivity contribution in [1.82, 2.24) is 19.9 Å². The molecule has 1 amide bonds. The average Bonchev–Trinajstić information content (AvgIpc) is 3.43. The maximum Gasteiger partial charge on any atom is 0.276 e. The van der Waals surface area contributed by atoms with Crippen molar-refractivity contribution in [3.05, 3.63) is 66.0 Å². The van der Waals surface area contributed by atoms with Gasteiger partial charge in [0.15, 0.2) is 17.2 Å². The van der Waals surface area contributed by atoms with Crippen LogP contribution in [0.4, 0.5) is 0 Å². The van der Waals surface area contributed by atoms with Crippen molar-refractivity contribution < 1.29 is 14.3 Å². The van der Waals surface area contributed by atoms with Gasteiger partial charge in [-0.2, -0.15) is 0 Å². The van der Waals surface area contributed by atoms with Gasteiger partial charge in [0.05, 0.1) is 11.9 Å². The second kappa shape index (κ2) is 7.48. The molecule has 1 saturated heterocycles. The van der Waals surface area contributed by atoms with Crippen LogP contribution >= 0.6 is 0 Å². The monoisotopic (exact) mass is 404 g/mol. The van der Waals surface area contributed by atoms with Gasteiger partial charge in [-0.05, 0) is 54.5 Å². The molecule has 1 atom stereocenters. The Morgan fingerprint density at radius 1 is 1.13 bits per heavy atom. The summed E-state index contributed by atoms with van der Waals surface area (Å²) in [7, 11) is 0. The predicted octanol–water partition coefficient (Wildman–Crippen LogP) is 3.48. The van der Waals surface area contributed by atoms with E-state index in [0.29, 0.717) is 12.2 Å². The normalized spacial score (nSPS) is 20.4. The first-order valence-corrected chi connectivity index (χ1v) is 10.3. The zero-order valence-corrected chi connectivity index (χ0v) is 17.0. The number of carbonyl (C=O) groups excluding carboxylic acids is 1. The van der Waals surface area contributed by atoms with E-state index in [-0.39, 0.29) is 18.1 Å². The van der Waals surface area contributed by atoms with Crippen molar-refractivity contribution in [2.45, 2.75) is 26.2 Å². The molecule has 1 unspecified atom stereocenters. The highest BCUT2D eigenvalue weighted by molar-refractivity contribution is 5.92. The number of aromatic nitrogens is 3. The van der Waals surface area contributed by atoms with Crippen LogP contribution in [0.15, 0.2) is 54.7 Å². The van der Waals surface area contributed by atoms with Gasteiger partial charge in [-0.15, -0.1) is 5.10 Å². The summed E-state index contributed by atoms with van der Waals surface area (Å²) in [5, 5.41) is 8.26. The molecule has 154 valence electrons. The smallest absolute Gasteiger partial charge is 0.276 e. The van der Waals surface area contributed by atoms with Crippen LogP contribution in [0.2, 0.25) is 0 Å². The van der Waals surface area contributed by atoms with Crippen molar-refractivity contribution in [1.29, 1.82) is 0 Å². The maximum absolute atomic E-state index is 13.1. The van der Waals surface area contributed by atoms with E-state index in [1.807, 2.05) is 41.3 Å². The lowest BCUT2D eigenvalue weighted by Gasteiger charge is -2.40. The van der Waals surface area contributed by atoms with Crippen LogP contribution in [0.5, 0.6) is 11.5 Å². The first kappa shape index (κ1) is 18.7. The number of nitrogens with zero attached hydrogens (tertiary/aromatic N) is 4. The molecule has 0 N–H and O–H groups in total. The molecule has 0 aliphatic carbocycles. The van der Waals surface area contributed by atoms with E-state index in [1.54, 1.807) is 10.9 Å². The van der Waals surface area contributed by atoms with Crippen molar-refractivity contribution in [2.24, 2.45) is 5.41 Å². The number of piperidine rings is 1. The van der Waals surface area contributed by atoms with Gasteiger partial charge in [-0.1, -0.05) is 36.4 Å². The minimum absolute atomic E-state index is 0.00294. The molecule has 30 heavy (non-hydrogen) atoms. The summed E-state index contributed by atoms with van der Waals surface area (Å²) in [5.41, 5.74) is 2.46. The Hall–Kier alpha value is -3.35. The fourth-order valence-electron chi connectivity index (χ4n) is 4.41. The van der Waals surface area contributed by atoms with Gasteiger partial charge in [-0.25, -0.2) is 4.68 Å². The van der Waals surface area contributed by atoms with E-state index in [0.717, 1.165) is 43.0 Å². The molecule has 2 aliphatic rings. The number of hydrogen-bond donors (Lipinski definition) is 0. The van der Waals surface area contributed by atoms with E-state index >= 15 is 0 Å². The van der Waals surface area contributed by atoms with Crippen LogP contribution in [0.25, 0.3) is 5.69 Å². The topological polar surface area (TPSA) is 69.5 Å². The average molecular weight is 404 g/mol. The van der Waals surface area contributed by atoms with Crippen molar-refractivity contribution in [3.8, 4) is 17.2 Å². The second-order valence-corrected chi connectivity index (χ2v) is 8.39. The number of benzene rings is 2. The Labute approximate surface area is 175 Å². The minimum atomic E-state index is -0.0613. The summed E-state index contributed by atoms with van der Waals surface area (Å²) >= 11 is 0. The Morgan fingerprint density at radius 2 is 1.97 bits per heavy atom. The van der Waals surface area contributed by atoms with Crippen molar-refractivity contribution >= 4 is 5.91 Å². The highest BCUT2D eigenvalue weighted by Gasteiger charge is 2.34. The fraction of sp³-hybridized carbons (Fsp3) is 0.348. The Kier molecular flexibility index (Phi) is 4.65. The quantitative estimate of drug-likeness (QED) is 0.666. The molecule has 7 heteroatoms. The van der Waals surface area contributed by atoms with E-state index in [4.69, 9.17) is 9.47 Å². The van der Waals surface area contributed by atoms with E-state index < -0.39 is 0 Å². The molecule has 5 rings (SSSR count). The minimum Gasteiger partial charge on any atom is -0.454 e. The third-order valence-electron chi connectivity index (χ3n) is 5.87. The van der Waals surface area contributed by atoms with Crippen molar-refractivity contribution in [3.63, 3.8) is 0 Å². The van der Waals surface area contributed by atoms with E-state index in [2.05, 4.69) is 29.4 Å². The van der Waals surface area contributed by atoms with Gasteiger partial charge >= 0.3 is 0 Å². The summed E-state index contributed by atoms with van der Waals surface area (Å²) in [6, 6.07) is 15.8. The molecular formula is C23H24N4O3. The lowest BCUT2D eigenvalue weighted by molar-refractivity contribution is 0.0545. The van der Waals surface area contributed by atoms with Gasteiger partial charge < -0.3 is 14.4 Å². The molecule has 0 saturated carbocycles. The summed E-state index contributed by atoms with van der Waals surface area (Å²) in [6.45, 7) is 3.96. The van der Waals surface area contributed by atoms with Gasteiger partial charge in [0.25, 0.3) is 5.91 Å². The number of para-hydroxylation sites is 1. The molecule has 3 heterocycles. The molecular weight excluding hydrogens is 380 g/mol. The van der Waals surface area contributed by atoms with E-state index in [9.17, 15) is 4.79 Å². The van der Waals surface area contributed by atoms with Crippen LogP contribution in [-0.2, 0) is 6.42 Å². The summed E-state index contributed by atoms with van der Waals surface area (Å²) in [5.74, 6) is 1.54. The standard InChI is InChI=1S/C23H24N4O3/c1-23(13-17-8-9-20-21(12-17)30-16-29-20)10-5-11-26(15-23)22(28)19-14-27(25-24-19)18-6-3-2-4-7-18/h2-4,6-9,12,14H,5,10-11,13,15-16H2,1H3. The zero-order valence-electron chi connectivity index (χ0n) is 17.0. The number of likely N-dealkylation sites (tertiary alicyclic amines) is 1. The molecule has 2 aliphatic heterocycles. The highest BCUT2D eigenvalue weighted by Crippen LogP contribution is 2.37. The molecule has 0 bridgehead atoms. The Bertz CT molecular complexity index is 1070. The van der Waals surface area contributed by atoms with Crippen molar-refractivity contribution in [2.75, 3.05) is 19.9 Å². The number of hydrogen-bond acceptors (Lipinski definition) is 5. The Morgan fingerprint density at radius 3 is 2.83 bits per heavy atom. The zero-order chi connectivity index (χ0) is 20.6. The first-order valence-electron chi connectivity index (χ1n) is 10.3. The molecule has 0 radical (unpaired) electrons. The molecule has 0 spiro atoms. The van der Waals surface area contributed by atoms with Gasteiger partial charge in [0.2, 0.25) is 6.79 Å². The van der Waals surface area contributed by atoms with Crippen LogP contribution in [0.3, 0.4) is 0 Å². The summed E-state index contributed by atoms with van der Waals surface area (Å²) in [4.78, 5) is 15.0. The predicted molar refractivity (Wildman–Crippen MR) is 111 cm³/mol. The summed E-state index contributed by atoms with van der Waals surface area (Å²) < 4.78 is 12.6. The number of amides is 1. The second-order valence-electron chi connectivity index (χ2n) is 8.39. The van der Waals surface area contributed by atoms with E-state index in [1.165, 1.54) is 5.56 Å². The largest absolute Gasteiger partial charge is 0.454 e. The van der Waals surface area contributed by atoms with Gasteiger partial charge in [0, 0.05) is 13.1 Å². The SMILES string of the molecule is CC1(Cc2ccc3c(c2)OCO3)CCCN(C(=O)c2cn(-c3ccccc3)nn2)C1. The third-order valence-corrected chi connectivity index (χ3v) is 5.87. The molecule has 1 aromatic heterocycles. The highest BCUT2D eigenvalue weighted by atomic mass is 16.7. The van der Waals surface area contributed by atoms with Gasteiger partial charge in [-0.3, -0.25) is 4.79 Å². The lowest BCUT2D eigenvalue weighted by Crippen LogP contribution is -2.45. The first-order chi connectivity index (χ1) is 14.6. The number of fused-ring (bicyclic) bond motifs is 1. The molecule has 1 fully saturated rings. The number of rotatable bonds is 4. The Balaban J connectivity index is 1.30. The number of ether oxygens (including phenoxy) is 2. The lowest BCUT2D eigenvalue weighted by atomic mass is 9.77. The number of carbonyl (C=O) groups is 1. The fourth-order valence-corrected chi connectivity index (χ4v) is 4.41. The van der Waals surface area contributed by atoms with Crippen LogP contribution in [0, 0.1) is 5.41 Å². The van der Waals surface area contributed by atoms with Gasteiger partial charge in [0.1, 0.15) is 0 Å². The summed E-state index contributed by atoms with van der Waals surface area (Å²) in [6.07, 6.45) is 4.63. The third kappa shape index (κ3) is 3.63. The van der Waals surface area contributed by atoms with Crippen LogP contribution < -0.4 is 9.47 Å². The van der Waals surface area contributed by atoms with Crippen LogP contribution in [-0.4, -0.2) is 45.7 Å². The molecule has 3 aromatic rings. The maximum atomic E-state index is 13.1. The molecule has 7 nitrogen and oxygen atoms in total. The molecule has 2 aromatic carbocycles. The van der Waals surface area contributed by atoms with Crippen LogP contribution in [0.1, 0.15) is 35.8 Å².